The number of aromatic nitrogens is 3. The third kappa shape index (κ3) is 0.556. The first-order chi connectivity index (χ1) is 4.90. The van der Waals surface area contributed by atoms with E-state index < -0.39 is 0 Å². The van der Waals surface area contributed by atoms with Crippen LogP contribution in [0.1, 0.15) is 5.69 Å². The Kier molecular flexibility index (Phi) is 0.887. The Balaban J connectivity index is 2.78. The lowest BCUT2D eigenvalue weighted by Crippen LogP contribution is -1.84. The Hall–Kier alpha value is -1.58. The first-order valence-corrected chi connectivity index (χ1v) is 2.82. The van der Waals surface area contributed by atoms with Crippen molar-refractivity contribution in [2.75, 3.05) is 0 Å². The van der Waals surface area contributed by atoms with E-state index in [1.54, 1.807) is 12.1 Å². The van der Waals surface area contributed by atoms with Crippen LogP contribution in [0.2, 0.25) is 0 Å². The van der Waals surface area contributed by atoms with Crippen LogP contribution in [0.3, 0.4) is 0 Å². The van der Waals surface area contributed by atoms with Crippen molar-refractivity contribution in [1.82, 2.24) is 14.8 Å². The highest BCUT2D eigenvalue weighted by atomic mass is 16.4. The third-order valence-corrected chi connectivity index (χ3v) is 1.22. The van der Waals surface area contributed by atoms with Crippen LogP contribution in [-0.2, 0) is 0 Å². The van der Waals surface area contributed by atoms with E-state index in [4.69, 9.17) is 4.42 Å². The van der Waals surface area contributed by atoms with E-state index >= 15 is 0 Å². The molecular formula is C6H5N3O. The van der Waals surface area contributed by atoms with Crippen molar-refractivity contribution in [3.05, 3.63) is 24.7 Å². The summed E-state index contributed by atoms with van der Waals surface area (Å²) in [5, 5.41) is 7.76. The molecule has 0 aliphatic carbocycles. The monoisotopic (exact) mass is 135 g/mol. The Morgan fingerprint density at radius 2 is 2.60 bits per heavy atom. The summed E-state index contributed by atoms with van der Waals surface area (Å²) in [6, 6.07) is 1.76. The second-order valence-corrected chi connectivity index (χ2v) is 1.84. The Morgan fingerprint density at radius 1 is 1.70 bits per heavy atom. The van der Waals surface area contributed by atoms with Crippen LogP contribution >= 0.6 is 0 Å². The van der Waals surface area contributed by atoms with Gasteiger partial charge in [-0.1, -0.05) is 6.58 Å². The lowest BCUT2D eigenvalue weighted by molar-refractivity contribution is 0.600. The van der Waals surface area contributed by atoms with E-state index in [1.807, 2.05) is 0 Å². The van der Waals surface area contributed by atoms with Gasteiger partial charge < -0.3 is 4.42 Å². The number of rotatable bonds is 1. The van der Waals surface area contributed by atoms with Gasteiger partial charge in [-0.15, -0.1) is 14.8 Å². The highest BCUT2D eigenvalue weighted by Gasteiger charge is 1.99. The number of hydrogen-bond donors (Lipinski definition) is 0. The summed E-state index contributed by atoms with van der Waals surface area (Å²) in [7, 11) is 0. The highest BCUT2D eigenvalue weighted by Crippen LogP contribution is 2.04. The van der Waals surface area contributed by atoms with Crippen LogP contribution in [0.5, 0.6) is 0 Å². The molecule has 0 amide bonds. The van der Waals surface area contributed by atoms with E-state index in [1.165, 1.54) is 11.0 Å². The molecule has 0 radical (unpaired) electrons. The smallest absolute Gasteiger partial charge is 0.242 e. The summed E-state index contributed by atoms with van der Waals surface area (Å²) in [6.45, 7) is 3.56. The number of fused-ring (bicyclic) bond motifs is 1. The van der Waals surface area contributed by atoms with E-state index in [0.717, 1.165) is 5.69 Å². The zero-order chi connectivity index (χ0) is 6.97. The SMILES string of the molecule is C=Cc1cc2ocnn2n1. The zero-order valence-corrected chi connectivity index (χ0v) is 5.19. The van der Waals surface area contributed by atoms with Crippen LogP contribution in [0.4, 0.5) is 0 Å². The van der Waals surface area contributed by atoms with Crippen LogP contribution in [-0.4, -0.2) is 14.8 Å². The van der Waals surface area contributed by atoms with Crippen molar-refractivity contribution in [3.63, 3.8) is 0 Å². The van der Waals surface area contributed by atoms with Gasteiger partial charge in [0.1, 0.15) is 0 Å². The van der Waals surface area contributed by atoms with Crippen molar-refractivity contribution in [2.45, 2.75) is 0 Å². The van der Waals surface area contributed by atoms with E-state index in [2.05, 4.69) is 16.8 Å². The van der Waals surface area contributed by atoms with Crippen molar-refractivity contribution in [1.29, 1.82) is 0 Å². The molecule has 0 aliphatic rings. The van der Waals surface area contributed by atoms with Gasteiger partial charge in [0, 0.05) is 6.07 Å². The topological polar surface area (TPSA) is 43.3 Å². The van der Waals surface area contributed by atoms with Gasteiger partial charge in [0.05, 0.1) is 5.69 Å². The van der Waals surface area contributed by atoms with E-state index in [0.29, 0.717) is 5.71 Å². The van der Waals surface area contributed by atoms with Gasteiger partial charge in [-0.2, -0.15) is 0 Å². The van der Waals surface area contributed by atoms with Crippen molar-refractivity contribution < 1.29 is 4.42 Å². The molecule has 0 N–H and O–H groups in total. The fourth-order valence-electron chi connectivity index (χ4n) is 0.758. The molecule has 0 atom stereocenters. The first-order valence-electron chi connectivity index (χ1n) is 2.82. The summed E-state index contributed by atoms with van der Waals surface area (Å²) in [4.78, 5) is 0. The van der Waals surface area contributed by atoms with E-state index in [-0.39, 0.29) is 0 Å². The van der Waals surface area contributed by atoms with E-state index in [9.17, 15) is 0 Å². The lowest BCUT2D eigenvalue weighted by atomic mass is 10.4. The summed E-state index contributed by atoms with van der Waals surface area (Å²) in [5.41, 5.74) is 1.40. The molecule has 4 nitrogen and oxygen atoms in total. The van der Waals surface area contributed by atoms with Gasteiger partial charge in [-0.25, -0.2) is 0 Å². The largest absolute Gasteiger partial charge is 0.424 e. The summed E-state index contributed by atoms with van der Waals surface area (Å²) >= 11 is 0. The average Bonchev–Trinajstić information content (AvgIpc) is 2.42. The van der Waals surface area contributed by atoms with Gasteiger partial charge in [-0.05, 0) is 6.08 Å². The second kappa shape index (κ2) is 1.70. The molecule has 0 saturated carbocycles. The first kappa shape index (κ1) is 5.22. The van der Waals surface area contributed by atoms with Crippen molar-refractivity contribution in [3.8, 4) is 0 Å². The quantitative estimate of drug-likeness (QED) is 0.585. The summed E-state index contributed by atoms with van der Waals surface area (Å²) < 4.78 is 6.36. The van der Waals surface area contributed by atoms with Crippen LogP contribution in [0.25, 0.3) is 11.8 Å². The average molecular weight is 135 g/mol. The fourth-order valence-corrected chi connectivity index (χ4v) is 0.758. The predicted octanol–water partition coefficient (Wildman–Crippen LogP) is 0.965. The molecule has 0 bridgehead atoms. The van der Waals surface area contributed by atoms with Crippen LogP contribution in [0.15, 0.2) is 23.5 Å². The third-order valence-electron chi connectivity index (χ3n) is 1.22. The Morgan fingerprint density at radius 3 is 3.30 bits per heavy atom. The summed E-state index contributed by atoms with van der Waals surface area (Å²) in [6.07, 6.45) is 2.99. The molecule has 2 heterocycles. The highest BCUT2D eigenvalue weighted by molar-refractivity contribution is 5.48. The molecule has 50 valence electrons. The van der Waals surface area contributed by atoms with Gasteiger partial charge in [0.25, 0.3) is 0 Å². The molecule has 2 aromatic rings. The molecule has 0 aromatic carbocycles. The standard InChI is InChI=1S/C6H5N3O/c1-2-5-3-6-9(8-5)7-4-10-6/h2-4H,1H2. The molecule has 2 rings (SSSR count). The van der Waals surface area contributed by atoms with Crippen LogP contribution < -0.4 is 0 Å². The van der Waals surface area contributed by atoms with Crippen molar-refractivity contribution in [2.24, 2.45) is 0 Å². The number of nitrogens with zero attached hydrogens (tertiary/aromatic N) is 3. The molecule has 0 saturated heterocycles. The maximum absolute atomic E-state index is 4.94. The van der Waals surface area contributed by atoms with Gasteiger partial charge in [-0.3, -0.25) is 0 Å². The fraction of sp³-hybridized carbons (Fsp3) is 0. The molecule has 4 heteroatoms. The normalized spacial score (nSPS) is 10.4. The second-order valence-electron chi connectivity index (χ2n) is 1.84. The Labute approximate surface area is 56.8 Å². The molecule has 0 unspecified atom stereocenters. The van der Waals surface area contributed by atoms with Crippen molar-refractivity contribution >= 4 is 11.8 Å². The molecule has 0 fully saturated rings. The zero-order valence-electron chi connectivity index (χ0n) is 5.19. The lowest BCUT2D eigenvalue weighted by Gasteiger charge is -1.73. The molecule has 2 aromatic heterocycles. The van der Waals surface area contributed by atoms with Gasteiger partial charge in [0.15, 0.2) is 0 Å². The molecular weight excluding hydrogens is 130 g/mol. The summed E-state index contributed by atoms with van der Waals surface area (Å²) in [5.74, 6) is 0. The molecule has 0 spiro atoms. The minimum Gasteiger partial charge on any atom is -0.424 e. The van der Waals surface area contributed by atoms with Crippen LogP contribution in [0, 0.1) is 0 Å². The Bertz CT molecular complexity index is 331. The molecule has 0 aliphatic heterocycles. The predicted molar refractivity (Wildman–Crippen MR) is 35.3 cm³/mol. The van der Waals surface area contributed by atoms with Gasteiger partial charge >= 0.3 is 0 Å². The maximum atomic E-state index is 4.94. The minimum absolute atomic E-state index is 0.634. The minimum atomic E-state index is 0.634. The van der Waals surface area contributed by atoms with Gasteiger partial charge in [0.2, 0.25) is 12.1 Å². The number of hydrogen-bond acceptors (Lipinski definition) is 3. The molecule has 10 heavy (non-hydrogen) atoms. The maximum Gasteiger partial charge on any atom is 0.242 e.